The maximum absolute atomic E-state index is 11.4. The normalized spacial score (nSPS) is 47.8. The molecule has 5 saturated carbocycles. The summed E-state index contributed by atoms with van der Waals surface area (Å²) in [5, 5.41) is 25.0. The Labute approximate surface area is 206 Å². The van der Waals surface area contributed by atoms with Crippen molar-refractivity contribution < 1.29 is 5.11 Å². The van der Waals surface area contributed by atoms with Crippen molar-refractivity contribution in [2.45, 2.75) is 97.6 Å². The Morgan fingerprint density at radius 1 is 1.06 bits per heavy atom. The molecular weight excluding hydrogens is 418 g/mol. The van der Waals surface area contributed by atoms with Gasteiger partial charge in [-0.2, -0.15) is 10.4 Å². The SMILES string of the molecule is CC(C)CC1C2[C@H]3CC[C@@H]4[C@H](CC[C@]5(C)[C@@H](C(C)Cn6cc(C#N)cn6)CC[C@@H]45)[C@H]3CC[C@]12O. The number of aliphatic hydroxyl groups is 1. The third-order valence-corrected chi connectivity index (χ3v) is 12.0. The fourth-order valence-corrected chi connectivity index (χ4v) is 10.8. The van der Waals surface area contributed by atoms with Gasteiger partial charge in [-0.25, -0.2) is 0 Å². The monoisotopic (exact) mass is 463 g/mol. The van der Waals surface area contributed by atoms with Crippen molar-refractivity contribution in [1.29, 1.82) is 5.26 Å². The van der Waals surface area contributed by atoms with Crippen molar-refractivity contribution in [2.75, 3.05) is 0 Å². The Hall–Kier alpha value is -1.34. The molecule has 0 bridgehead atoms. The first-order valence-corrected chi connectivity index (χ1v) is 14.4. The highest BCUT2D eigenvalue weighted by molar-refractivity contribution is 5.22. The summed E-state index contributed by atoms with van der Waals surface area (Å²) in [7, 11) is 0. The molecule has 5 fully saturated rings. The first kappa shape index (κ1) is 23.1. The third-order valence-electron chi connectivity index (χ3n) is 12.0. The Balaban J connectivity index is 1.16. The molecule has 186 valence electrons. The third kappa shape index (κ3) is 3.36. The van der Waals surface area contributed by atoms with Crippen LogP contribution in [0.4, 0.5) is 0 Å². The predicted molar refractivity (Wildman–Crippen MR) is 133 cm³/mol. The molecule has 3 unspecified atom stereocenters. The van der Waals surface area contributed by atoms with E-state index < -0.39 is 0 Å². The van der Waals surface area contributed by atoms with Gasteiger partial charge in [-0.1, -0.05) is 27.7 Å². The van der Waals surface area contributed by atoms with Crippen LogP contribution in [0.3, 0.4) is 0 Å². The van der Waals surface area contributed by atoms with Crippen molar-refractivity contribution in [3.05, 3.63) is 18.0 Å². The molecule has 5 aliphatic rings. The first-order chi connectivity index (χ1) is 16.3. The van der Waals surface area contributed by atoms with E-state index in [9.17, 15) is 5.11 Å². The van der Waals surface area contributed by atoms with E-state index in [-0.39, 0.29) is 5.60 Å². The van der Waals surface area contributed by atoms with Crippen LogP contribution in [0, 0.1) is 75.9 Å². The average molecular weight is 464 g/mol. The number of nitrogens with zero attached hydrogens (tertiary/aromatic N) is 3. The van der Waals surface area contributed by atoms with E-state index in [1.165, 1.54) is 51.4 Å². The van der Waals surface area contributed by atoms with Gasteiger partial charge < -0.3 is 5.11 Å². The molecule has 5 aliphatic carbocycles. The van der Waals surface area contributed by atoms with Crippen molar-refractivity contribution in [3.63, 3.8) is 0 Å². The second-order valence-corrected chi connectivity index (χ2v) is 13.9. The molecule has 11 atom stereocenters. The second kappa shape index (κ2) is 8.09. The highest BCUT2D eigenvalue weighted by Crippen LogP contribution is 2.71. The van der Waals surface area contributed by atoms with Crippen LogP contribution in [0.5, 0.6) is 0 Å². The lowest BCUT2D eigenvalue weighted by Crippen LogP contribution is -2.50. The Kier molecular flexibility index (Phi) is 5.49. The van der Waals surface area contributed by atoms with Gasteiger partial charge >= 0.3 is 0 Å². The summed E-state index contributed by atoms with van der Waals surface area (Å²) in [6, 6.07) is 2.22. The van der Waals surface area contributed by atoms with Crippen LogP contribution in [-0.4, -0.2) is 20.5 Å². The standard InChI is InChI=1S/C30H45N3O/c1-18(2)13-27-28-24-6-5-23-21(22(24)10-12-30(27,28)34)9-11-29(4)25(7-8-26(23)29)19(3)16-33-17-20(14-31)15-32-33/h15,17-19,21-28,34H,5-13,16H2,1-4H3/t19?,21-,22-,23-,24+,25-,26+,27?,28?,29-,30+/m1/s1. The van der Waals surface area contributed by atoms with Gasteiger partial charge in [0.1, 0.15) is 6.07 Å². The van der Waals surface area contributed by atoms with Gasteiger partial charge in [0.2, 0.25) is 0 Å². The van der Waals surface area contributed by atoms with Crippen LogP contribution in [0.25, 0.3) is 0 Å². The molecule has 0 aromatic carbocycles. The van der Waals surface area contributed by atoms with Gasteiger partial charge in [0.05, 0.1) is 17.4 Å². The van der Waals surface area contributed by atoms with Crippen LogP contribution in [0.1, 0.15) is 91.0 Å². The van der Waals surface area contributed by atoms with Crippen LogP contribution < -0.4 is 0 Å². The molecule has 4 heteroatoms. The Morgan fingerprint density at radius 3 is 2.53 bits per heavy atom. The molecule has 1 heterocycles. The Bertz CT molecular complexity index is 962. The molecule has 0 spiro atoms. The van der Waals surface area contributed by atoms with E-state index in [0.29, 0.717) is 34.7 Å². The number of hydrogen-bond acceptors (Lipinski definition) is 3. The minimum atomic E-state index is -0.298. The van der Waals surface area contributed by atoms with Gasteiger partial charge in [0, 0.05) is 12.7 Å². The summed E-state index contributed by atoms with van der Waals surface area (Å²) in [5.41, 5.74) is 0.840. The quantitative estimate of drug-likeness (QED) is 0.558. The number of nitriles is 1. The highest BCUT2D eigenvalue weighted by Gasteiger charge is 2.70. The number of rotatable bonds is 5. The summed E-state index contributed by atoms with van der Waals surface area (Å²) in [6.45, 7) is 10.7. The lowest BCUT2D eigenvalue weighted by atomic mass is 9.49. The summed E-state index contributed by atoms with van der Waals surface area (Å²) in [6.07, 6.45) is 15.6. The van der Waals surface area contributed by atoms with E-state index >= 15 is 0 Å². The zero-order valence-electron chi connectivity index (χ0n) is 21.8. The lowest BCUT2D eigenvalue weighted by molar-refractivity contribution is -0.0846. The zero-order valence-corrected chi connectivity index (χ0v) is 21.8. The topological polar surface area (TPSA) is 61.8 Å². The fraction of sp³-hybridized carbons (Fsp3) is 0.867. The maximum Gasteiger partial charge on any atom is 0.102 e. The van der Waals surface area contributed by atoms with Crippen molar-refractivity contribution in [1.82, 2.24) is 9.78 Å². The van der Waals surface area contributed by atoms with Gasteiger partial charge in [0.25, 0.3) is 0 Å². The van der Waals surface area contributed by atoms with E-state index in [2.05, 4.69) is 38.9 Å². The maximum atomic E-state index is 11.4. The van der Waals surface area contributed by atoms with Crippen molar-refractivity contribution in [2.24, 2.45) is 64.6 Å². The molecule has 1 aromatic heterocycles. The molecule has 0 amide bonds. The fourth-order valence-electron chi connectivity index (χ4n) is 10.8. The zero-order chi connectivity index (χ0) is 23.8. The van der Waals surface area contributed by atoms with E-state index in [1.807, 2.05) is 10.9 Å². The van der Waals surface area contributed by atoms with Gasteiger partial charge in [0.15, 0.2) is 0 Å². The van der Waals surface area contributed by atoms with E-state index in [1.54, 1.807) is 6.20 Å². The molecule has 0 saturated heterocycles. The Morgan fingerprint density at radius 2 is 1.79 bits per heavy atom. The van der Waals surface area contributed by atoms with E-state index in [4.69, 9.17) is 5.26 Å². The largest absolute Gasteiger partial charge is 0.389 e. The summed E-state index contributed by atoms with van der Waals surface area (Å²) in [5.74, 6) is 7.69. The number of fused-ring (bicyclic) bond motifs is 7. The van der Waals surface area contributed by atoms with Crippen molar-refractivity contribution >= 4 is 0 Å². The predicted octanol–water partition coefficient (Wildman–Crippen LogP) is 6.29. The van der Waals surface area contributed by atoms with E-state index in [0.717, 1.165) is 48.5 Å². The first-order valence-electron chi connectivity index (χ1n) is 14.4. The number of aromatic nitrogens is 2. The van der Waals surface area contributed by atoms with Crippen LogP contribution >= 0.6 is 0 Å². The van der Waals surface area contributed by atoms with Gasteiger partial charge in [-0.15, -0.1) is 0 Å². The molecule has 34 heavy (non-hydrogen) atoms. The van der Waals surface area contributed by atoms with Gasteiger partial charge in [-0.05, 0) is 122 Å². The summed E-state index contributed by atoms with van der Waals surface area (Å²) in [4.78, 5) is 0. The lowest BCUT2D eigenvalue weighted by Gasteiger charge is -2.56. The minimum Gasteiger partial charge on any atom is -0.389 e. The summed E-state index contributed by atoms with van der Waals surface area (Å²) < 4.78 is 2.00. The number of hydrogen-bond donors (Lipinski definition) is 1. The minimum absolute atomic E-state index is 0.298. The van der Waals surface area contributed by atoms with Crippen molar-refractivity contribution in [3.8, 4) is 6.07 Å². The smallest absolute Gasteiger partial charge is 0.102 e. The van der Waals surface area contributed by atoms with Gasteiger partial charge in [-0.3, -0.25) is 4.68 Å². The second-order valence-electron chi connectivity index (χ2n) is 13.9. The molecule has 0 aliphatic heterocycles. The average Bonchev–Trinajstić information content (AvgIpc) is 3.10. The molecule has 4 nitrogen and oxygen atoms in total. The molecule has 6 rings (SSSR count). The molecule has 1 N–H and O–H groups in total. The molecule has 0 radical (unpaired) electrons. The summed E-state index contributed by atoms with van der Waals surface area (Å²) >= 11 is 0. The van der Waals surface area contributed by atoms with Crippen LogP contribution in [0.2, 0.25) is 0 Å². The van der Waals surface area contributed by atoms with Crippen LogP contribution in [0.15, 0.2) is 12.4 Å². The molecular formula is C30H45N3O. The highest BCUT2D eigenvalue weighted by atomic mass is 16.3. The van der Waals surface area contributed by atoms with Crippen LogP contribution in [-0.2, 0) is 6.54 Å². The molecule has 1 aromatic rings.